The van der Waals surface area contributed by atoms with E-state index in [0.717, 1.165) is 19.1 Å². The first-order valence-electron chi connectivity index (χ1n) is 9.42. The van der Waals surface area contributed by atoms with Crippen molar-refractivity contribution in [3.8, 4) is 17.2 Å². The first kappa shape index (κ1) is 22.1. The SMILES string of the molecule is CC(F)(F)CNc1nc(-n2cc(-c3ccc(F)c(F)c3)nn2)nc2nc[nH]c12.CCC. The number of hydrogen-bond acceptors (Lipinski definition) is 6. The van der Waals surface area contributed by atoms with E-state index in [1.54, 1.807) is 0 Å². The highest BCUT2D eigenvalue weighted by atomic mass is 19.3. The number of imidazole rings is 1. The zero-order chi connectivity index (χ0) is 22.6. The van der Waals surface area contributed by atoms with Crippen molar-refractivity contribution in [3.63, 3.8) is 0 Å². The third kappa shape index (κ3) is 5.32. The Labute approximate surface area is 174 Å². The Hall–Kier alpha value is -3.57. The number of nitrogens with one attached hydrogen (secondary N) is 2. The minimum absolute atomic E-state index is 0.0165. The number of aromatic amines is 1. The van der Waals surface area contributed by atoms with Crippen molar-refractivity contribution in [1.29, 1.82) is 0 Å². The van der Waals surface area contributed by atoms with Crippen LogP contribution in [0.3, 0.4) is 0 Å². The highest BCUT2D eigenvalue weighted by Gasteiger charge is 2.22. The molecule has 0 saturated carbocycles. The molecule has 0 unspecified atom stereocenters. The molecule has 31 heavy (non-hydrogen) atoms. The quantitative estimate of drug-likeness (QED) is 0.451. The predicted molar refractivity (Wildman–Crippen MR) is 107 cm³/mol. The summed E-state index contributed by atoms with van der Waals surface area (Å²) in [5, 5.41) is 10.3. The van der Waals surface area contributed by atoms with Crippen LogP contribution in [0.1, 0.15) is 27.2 Å². The van der Waals surface area contributed by atoms with E-state index in [-0.39, 0.29) is 23.1 Å². The van der Waals surface area contributed by atoms with E-state index < -0.39 is 24.1 Å². The van der Waals surface area contributed by atoms with Crippen LogP contribution < -0.4 is 5.32 Å². The Morgan fingerprint density at radius 3 is 2.55 bits per heavy atom. The van der Waals surface area contributed by atoms with E-state index >= 15 is 0 Å². The van der Waals surface area contributed by atoms with Gasteiger partial charge in [0.25, 0.3) is 11.9 Å². The largest absolute Gasteiger partial charge is 0.362 e. The Kier molecular flexibility index (Phi) is 6.47. The van der Waals surface area contributed by atoms with Crippen LogP contribution in [0.25, 0.3) is 28.4 Å². The molecule has 0 saturated heterocycles. The lowest BCUT2D eigenvalue weighted by molar-refractivity contribution is 0.0367. The Bertz CT molecular complexity index is 1170. The molecule has 2 N–H and O–H groups in total. The molecule has 4 aromatic rings. The minimum atomic E-state index is -2.95. The number of alkyl halides is 2. The van der Waals surface area contributed by atoms with Gasteiger partial charge in [0, 0.05) is 12.5 Å². The molecule has 0 aliphatic rings. The van der Waals surface area contributed by atoms with Crippen molar-refractivity contribution in [2.45, 2.75) is 33.1 Å². The van der Waals surface area contributed by atoms with E-state index in [9.17, 15) is 17.6 Å². The van der Waals surface area contributed by atoms with E-state index in [0.29, 0.717) is 11.1 Å². The molecule has 0 fully saturated rings. The number of hydrogen-bond donors (Lipinski definition) is 2. The summed E-state index contributed by atoms with van der Waals surface area (Å²) < 4.78 is 54.1. The lowest BCUT2D eigenvalue weighted by atomic mass is 10.1. The van der Waals surface area contributed by atoms with Crippen LogP contribution >= 0.6 is 0 Å². The van der Waals surface area contributed by atoms with Gasteiger partial charge in [0.2, 0.25) is 0 Å². The zero-order valence-electron chi connectivity index (χ0n) is 17.0. The summed E-state index contributed by atoms with van der Waals surface area (Å²) in [6, 6.07) is 3.31. The average Bonchev–Trinajstić information content (AvgIpc) is 3.37. The van der Waals surface area contributed by atoms with Crippen molar-refractivity contribution in [3.05, 3.63) is 42.4 Å². The van der Waals surface area contributed by atoms with Crippen LogP contribution in [0.5, 0.6) is 0 Å². The summed E-state index contributed by atoms with van der Waals surface area (Å²) >= 11 is 0. The number of nitrogens with zero attached hydrogens (tertiary/aromatic N) is 6. The van der Waals surface area contributed by atoms with Gasteiger partial charge in [0.15, 0.2) is 23.1 Å². The molecule has 1 aromatic carbocycles. The summed E-state index contributed by atoms with van der Waals surface area (Å²) in [5.41, 5.74) is 1.14. The third-order valence-electron chi connectivity index (χ3n) is 3.75. The van der Waals surface area contributed by atoms with E-state index in [1.807, 2.05) is 0 Å². The van der Waals surface area contributed by atoms with Crippen LogP contribution in [0.15, 0.2) is 30.7 Å². The van der Waals surface area contributed by atoms with Gasteiger partial charge in [0.1, 0.15) is 11.2 Å². The molecule has 0 spiro atoms. The topological polar surface area (TPSA) is 97.2 Å². The normalized spacial score (nSPS) is 11.3. The van der Waals surface area contributed by atoms with Gasteiger partial charge in [-0.2, -0.15) is 14.6 Å². The molecule has 164 valence electrons. The van der Waals surface area contributed by atoms with Gasteiger partial charge < -0.3 is 10.3 Å². The van der Waals surface area contributed by atoms with Crippen molar-refractivity contribution < 1.29 is 17.6 Å². The second-order valence-corrected chi connectivity index (χ2v) is 6.78. The monoisotopic (exact) mass is 436 g/mol. The van der Waals surface area contributed by atoms with Gasteiger partial charge in [-0.3, -0.25) is 0 Å². The van der Waals surface area contributed by atoms with Gasteiger partial charge >= 0.3 is 0 Å². The number of H-pyrrole nitrogens is 1. The molecule has 3 heterocycles. The minimum Gasteiger partial charge on any atom is -0.362 e. The summed E-state index contributed by atoms with van der Waals surface area (Å²) in [6.07, 6.45) is 4.01. The fourth-order valence-corrected chi connectivity index (χ4v) is 2.44. The van der Waals surface area contributed by atoms with Gasteiger partial charge in [0.05, 0.1) is 19.1 Å². The van der Waals surface area contributed by atoms with Crippen LogP contribution in [-0.4, -0.2) is 47.4 Å². The third-order valence-corrected chi connectivity index (χ3v) is 3.75. The molecule has 12 heteroatoms. The number of aromatic nitrogens is 7. The predicted octanol–water partition coefficient (Wildman–Crippen LogP) is 4.36. The summed E-state index contributed by atoms with van der Waals surface area (Å²) in [7, 11) is 0. The van der Waals surface area contributed by atoms with Crippen LogP contribution in [-0.2, 0) is 0 Å². The molecule has 0 radical (unpaired) electrons. The van der Waals surface area contributed by atoms with E-state index in [1.165, 1.54) is 29.7 Å². The second-order valence-electron chi connectivity index (χ2n) is 6.78. The molecular weight excluding hydrogens is 416 g/mol. The number of benzene rings is 1. The van der Waals surface area contributed by atoms with E-state index in [2.05, 4.69) is 49.4 Å². The van der Waals surface area contributed by atoms with Crippen molar-refractivity contribution in [2.24, 2.45) is 0 Å². The first-order valence-corrected chi connectivity index (χ1v) is 9.42. The highest BCUT2D eigenvalue weighted by molar-refractivity contribution is 5.83. The molecule has 0 amide bonds. The van der Waals surface area contributed by atoms with Gasteiger partial charge in [-0.05, 0) is 18.2 Å². The van der Waals surface area contributed by atoms with E-state index in [4.69, 9.17) is 0 Å². The van der Waals surface area contributed by atoms with Crippen LogP contribution in [0.4, 0.5) is 23.4 Å². The molecule has 0 aliphatic carbocycles. The highest BCUT2D eigenvalue weighted by Crippen LogP contribution is 2.22. The zero-order valence-corrected chi connectivity index (χ0v) is 17.0. The van der Waals surface area contributed by atoms with Crippen LogP contribution in [0, 0.1) is 11.6 Å². The van der Waals surface area contributed by atoms with Gasteiger partial charge in [-0.25, -0.2) is 22.5 Å². The Morgan fingerprint density at radius 2 is 1.87 bits per heavy atom. The lowest BCUT2D eigenvalue weighted by Gasteiger charge is -2.12. The van der Waals surface area contributed by atoms with Crippen LogP contribution in [0.2, 0.25) is 0 Å². The number of rotatable bonds is 5. The molecule has 4 rings (SSSR count). The summed E-state index contributed by atoms with van der Waals surface area (Å²) in [5.74, 6) is -4.82. The number of fused-ring (bicyclic) bond motifs is 1. The Balaban J connectivity index is 0.000000858. The number of halogens is 4. The maximum atomic E-state index is 13.4. The summed E-state index contributed by atoms with van der Waals surface area (Å²) in [4.78, 5) is 15.2. The average molecular weight is 436 g/mol. The Morgan fingerprint density at radius 1 is 1.13 bits per heavy atom. The van der Waals surface area contributed by atoms with Gasteiger partial charge in [-0.1, -0.05) is 25.5 Å². The standard InChI is InChI=1S/C16H12F4N8.C3H8/c1-16(19,20)6-21-13-12-14(23-7-22-12)25-15(24-13)28-5-11(26-27-28)8-2-3-9(17)10(18)4-8;1-3-2/h2-5,7H,6H2,1H3,(H2,21,22,23,24,25);3H2,1-2H3. The second kappa shape index (κ2) is 9.06. The first-order chi connectivity index (χ1) is 14.7. The summed E-state index contributed by atoms with van der Waals surface area (Å²) in [6.45, 7) is 4.38. The molecule has 0 aliphatic heterocycles. The lowest BCUT2D eigenvalue weighted by Crippen LogP contribution is -2.23. The molecule has 0 bridgehead atoms. The fourth-order valence-electron chi connectivity index (χ4n) is 2.44. The van der Waals surface area contributed by atoms with Crippen molar-refractivity contribution in [2.75, 3.05) is 11.9 Å². The molecule has 8 nitrogen and oxygen atoms in total. The molecule has 3 aromatic heterocycles. The fraction of sp³-hybridized carbons (Fsp3) is 0.316. The molecule has 0 atom stereocenters. The van der Waals surface area contributed by atoms with Crippen molar-refractivity contribution >= 4 is 17.0 Å². The maximum Gasteiger partial charge on any atom is 0.262 e. The maximum absolute atomic E-state index is 13.4. The van der Waals surface area contributed by atoms with Crippen molar-refractivity contribution in [1.82, 2.24) is 34.9 Å². The smallest absolute Gasteiger partial charge is 0.262 e. The van der Waals surface area contributed by atoms with Gasteiger partial charge in [-0.15, -0.1) is 5.10 Å². The molecular formula is C19H20F4N8. The number of anilines is 1.